The third-order valence-corrected chi connectivity index (χ3v) is 2.97. The average molecular weight is 292 g/mol. The van der Waals surface area contributed by atoms with Crippen LogP contribution in [0.4, 0.5) is 10.5 Å². The van der Waals surface area contributed by atoms with Crippen LogP contribution in [0.3, 0.4) is 0 Å². The molecule has 0 radical (unpaired) electrons. The number of carbonyl (C=O) groups is 2. The molecule has 6 heteroatoms. The van der Waals surface area contributed by atoms with Crippen molar-refractivity contribution in [2.75, 3.05) is 32.5 Å². The molecule has 0 spiro atoms. The minimum absolute atomic E-state index is 0.0993. The van der Waals surface area contributed by atoms with Gasteiger partial charge in [0.25, 0.3) is 0 Å². The molecule has 0 aliphatic rings. The lowest BCUT2D eigenvalue weighted by Gasteiger charge is -2.16. The molecule has 0 fully saturated rings. The highest BCUT2D eigenvalue weighted by molar-refractivity contribution is 5.94. The van der Waals surface area contributed by atoms with Crippen molar-refractivity contribution in [3.8, 4) is 0 Å². The summed E-state index contributed by atoms with van der Waals surface area (Å²) in [6.07, 6.45) is 0. The molecule has 0 bridgehead atoms. The molecule has 1 rings (SSSR count). The maximum Gasteiger partial charge on any atom is 0.316 e. The molecular weight excluding hydrogens is 268 g/mol. The number of benzene rings is 1. The van der Waals surface area contributed by atoms with Crippen molar-refractivity contribution in [3.05, 3.63) is 29.8 Å². The Morgan fingerprint density at radius 1 is 1.14 bits per heavy atom. The van der Waals surface area contributed by atoms with Gasteiger partial charge in [-0.25, -0.2) is 4.79 Å². The van der Waals surface area contributed by atoms with E-state index in [-0.39, 0.29) is 18.0 Å². The first-order chi connectivity index (χ1) is 9.90. The number of rotatable bonds is 6. The number of hydrogen-bond donors (Lipinski definition) is 3. The third kappa shape index (κ3) is 6.27. The lowest BCUT2D eigenvalue weighted by Crippen LogP contribution is -2.43. The molecule has 0 aliphatic heterocycles. The van der Waals surface area contributed by atoms with Gasteiger partial charge in [0.2, 0.25) is 5.91 Å². The van der Waals surface area contributed by atoms with Crippen LogP contribution in [0.5, 0.6) is 0 Å². The minimum Gasteiger partial charge on any atom is -0.337 e. The van der Waals surface area contributed by atoms with Crippen molar-refractivity contribution in [1.29, 1.82) is 0 Å². The van der Waals surface area contributed by atoms with Crippen molar-refractivity contribution in [3.63, 3.8) is 0 Å². The van der Waals surface area contributed by atoms with Crippen molar-refractivity contribution >= 4 is 17.6 Å². The summed E-state index contributed by atoms with van der Waals surface area (Å²) in [7, 11) is 3.36. The van der Waals surface area contributed by atoms with E-state index < -0.39 is 0 Å². The monoisotopic (exact) mass is 292 g/mol. The number of anilines is 1. The Kier molecular flexibility index (Phi) is 6.68. The van der Waals surface area contributed by atoms with Crippen LogP contribution in [-0.2, 0) is 4.79 Å². The number of aryl methyl sites for hydroxylation is 1. The summed E-state index contributed by atoms with van der Waals surface area (Å²) < 4.78 is 0. The van der Waals surface area contributed by atoms with Gasteiger partial charge in [-0.1, -0.05) is 17.7 Å². The highest BCUT2D eigenvalue weighted by Crippen LogP contribution is 2.08. The maximum absolute atomic E-state index is 12.0. The van der Waals surface area contributed by atoms with Gasteiger partial charge in [-0.05, 0) is 26.0 Å². The topological polar surface area (TPSA) is 73.5 Å². The van der Waals surface area contributed by atoms with Crippen molar-refractivity contribution < 1.29 is 9.59 Å². The van der Waals surface area contributed by atoms with Gasteiger partial charge in [0, 0.05) is 32.9 Å². The Labute approximate surface area is 125 Å². The summed E-state index contributed by atoms with van der Waals surface area (Å²) in [6, 6.07) is 7.17. The van der Waals surface area contributed by atoms with Crippen molar-refractivity contribution in [1.82, 2.24) is 15.5 Å². The van der Waals surface area contributed by atoms with E-state index in [1.54, 1.807) is 21.0 Å². The Morgan fingerprint density at radius 3 is 2.33 bits per heavy atom. The van der Waals surface area contributed by atoms with Gasteiger partial charge in [0.05, 0.1) is 6.04 Å². The molecule has 1 aromatic rings. The van der Waals surface area contributed by atoms with E-state index in [9.17, 15) is 9.59 Å². The quantitative estimate of drug-likeness (QED) is 0.689. The predicted molar refractivity (Wildman–Crippen MR) is 84.4 cm³/mol. The van der Waals surface area contributed by atoms with Gasteiger partial charge in [-0.3, -0.25) is 4.79 Å². The maximum atomic E-state index is 12.0. The first-order valence-electron chi connectivity index (χ1n) is 6.96. The Balaban J connectivity index is 2.28. The second kappa shape index (κ2) is 8.26. The minimum atomic E-state index is -0.331. The zero-order chi connectivity index (χ0) is 15.8. The highest BCUT2D eigenvalue weighted by atomic mass is 16.2. The number of nitrogens with one attached hydrogen (secondary N) is 3. The van der Waals surface area contributed by atoms with Gasteiger partial charge in [0.1, 0.15) is 0 Å². The molecular formula is C15H24N4O2. The second-order valence-electron chi connectivity index (χ2n) is 5.16. The normalized spacial score (nSPS) is 11.6. The van der Waals surface area contributed by atoms with E-state index in [0.717, 1.165) is 11.3 Å². The van der Waals surface area contributed by atoms with Crippen LogP contribution >= 0.6 is 0 Å². The van der Waals surface area contributed by atoms with Crippen molar-refractivity contribution in [2.45, 2.75) is 19.9 Å². The molecule has 21 heavy (non-hydrogen) atoms. The third-order valence-electron chi connectivity index (χ3n) is 2.97. The van der Waals surface area contributed by atoms with E-state index in [0.29, 0.717) is 13.1 Å². The lowest BCUT2D eigenvalue weighted by molar-refractivity contribution is -0.117. The molecule has 0 saturated carbocycles. The molecule has 1 aromatic carbocycles. The molecule has 6 nitrogen and oxygen atoms in total. The largest absolute Gasteiger partial charge is 0.337 e. The molecule has 0 heterocycles. The molecule has 1 unspecified atom stereocenters. The van der Waals surface area contributed by atoms with Crippen LogP contribution in [0.2, 0.25) is 0 Å². The van der Waals surface area contributed by atoms with Gasteiger partial charge < -0.3 is 20.9 Å². The van der Waals surface area contributed by atoms with Gasteiger partial charge in [-0.15, -0.1) is 0 Å². The van der Waals surface area contributed by atoms with E-state index in [1.165, 1.54) is 4.90 Å². The molecule has 116 valence electrons. The molecule has 3 amide bonds. The van der Waals surface area contributed by atoms with Crippen LogP contribution in [0.1, 0.15) is 12.5 Å². The van der Waals surface area contributed by atoms with E-state index in [2.05, 4.69) is 16.0 Å². The molecule has 1 atom stereocenters. The predicted octanol–water partition coefficient (Wildman–Crippen LogP) is 1.18. The Morgan fingerprint density at radius 2 is 1.76 bits per heavy atom. The first kappa shape index (κ1) is 17.0. The summed E-state index contributed by atoms with van der Waals surface area (Å²) in [6.45, 7) is 4.79. The fourth-order valence-corrected chi connectivity index (χ4v) is 1.60. The average Bonchev–Trinajstić information content (AvgIpc) is 2.45. The highest BCUT2D eigenvalue weighted by Gasteiger charge is 2.12. The van der Waals surface area contributed by atoms with Crippen LogP contribution in [0, 0.1) is 6.92 Å². The van der Waals surface area contributed by atoms with Crippen molar-refractivity contribution in [2.24, 2.45) is 0 Å². The number of amides is 3. The molecule has 0 aromatic heterocycles. The van der Waals surface area contributed by atoms with E-state index >= 15 is 0 Å². The molecule has 0 aliphatic carbocycles. The van der Waals surface area contributed by atoms with Gasteiger partial charge >= 0.3 is 6.03 Å². The van der Waals surface area contributed by atoms with E-state index in [1.807, 2.05) is 31.2 Å². The van der Waals surface area contributed by atoms with Crippen LogP contribution in [-0.4, -0.2) is 50.1 Å². The number of urea groups is 1. The number of nitrogens with zero attached hydrogens (tertiary/aromatic N) is 1. The zero-order valence-electron chi connectivity index (χ0n) is 13.1. The Hall–Kier alpha value is -2.08. The van der Waals surface area contributed by atoms with E-state index in [4.69, 9.17) is 0 Å². The number of hydrogen-bond acceptors (Lipinski definition) is 3. The summed E-state index contributed by atoms with van der Waals surface area (Å²) >= 11 is 0. The molecule has 0 saturated heterocycles. The summed E-state index contributed by atoms with van der Waals surface area (Å²) in [5.74, 6) is -0.0993. The summed E-state index contributed by atoms with van der Waals surface area (Å²) in [4.78, 5) is 24.7. The van der Waals surface area contributed by atoms with Gasteiger partial charge in [-0.2, -0.15) is 0 Å². The lowest BCUT2D eigenvalue weighted by atomic mass is 10.2. The van der Waals surface area contributed by atoms with Crippen LogP contribution in [0.15, 0.2) is 24.3 Å². The second-order valence-corrected chi connectivity index (χ2v) is 5.16. The standard InChI is InChI=1S/C15H24N4O2/c1-11-5-7-13(8-6-11)18-14(20)12(2)16-9-10-17-15(21)19(3)4/h5-8,12,16H,9-10H2,1-4H3,(H,17,21)(H,18,20). The van der Waals surface area contributed by atoms with Gasteiger partial charge in [0.15, 0.2) is 0 Å². The van der Waals surface area contributed by atoms with Crippen LogP contribution in [0.25, 0.3) is 0 Å². The fraction of sp³-hybridized carbons (Fsp3) is 0.467. The summed E-state index contributed by atoms with van der Waals surface area (Å²) in [5, 5.41) is 8.63. The van der Waals surface area contributed by atoms with Crippen LogP contribution < -0.4 is 16.0 Å². The SMILES string of the molecule is Cc1ccc(NC(=O)C(C)NCCNC(=O)N(C)C)cc1. The number of carbonyl (C=O) groups excluding carboxylic acids is 2. The molecule has 3 N–H and O–H groups in total. The smallest absolute Gasteiger partial charge is 0.316 e. The Bertz CT molecular complexity index is 471. The summed E-state index contributed by atoms with van der Waals surface area (Å²) in [5.41, 5.74) is 1.93. The first-order valence-corrected chi connectivity index (χ1v) is 6.96. The fourth-order valence-electron chi connectivity index (χ4n) is 1.60. The zero-order valence-corrected chi connectivity index (χ0v) is 13.1.